The summed E-state index contributed by atoms with van der Waals surface area (Å²) in [5.41, 5.74) is 3.97. The number of benzene rings is 1. The van der Waals surface area contributed by atoms with Crippen molar-refractivity contribution in [3.05, 3.63) is 41.0 Å². The van der Waals surface area contributed by atoms with Crippen molar-refractivity contribution >= 4 is 11.8 Å². The number of rotatable bonds is 1. The van der Waals surface area contributed by atoms with Crippen LogP contribution in [-0.4, -0.2) is 11.8 Å². The van der Waals surface area contributed by atoms with Crippen molar-refractivity contribution in [2.45, 2.75) is 51.9 Å². The van der Waals surface area contributed by atoms with Gasteiger partial charge < -0.3 is 4.74 Å². The molecule has 3 nitrogen and oxygen atoms in total. The lowest BCUT2D eigenvalue weighted by Gasteiger charge is -2.43. The molecule has 3 aliphatic rings. The van der Waals surface area contributed by atoms with Crippen molar-refractivity contribution in [2.24, 2.45) is 11.3 Å². The summed E-state index contributed by atoms with van der Waals surface area (Å²) in [5.74, 6) is 1.67. The van der Waals surface area contributed by atoms with E-state index in [4.69, 9.17) is 4.74 Å². The van der Waals surface area contributed by atoms with E-state index in [1.807, 2.05) is 12.1 Å². The van der Waals surface area contributed by atoms with E-state index >= 15 is 0 Å². The minimum atomic E-state index is -0.283. The molecule has 2 saturated carbocycles. The van der Waals surface area contributed by atoms with Crippen LogP contribution in [0.2, 0.25) is 0 Å². The molecule has 1 aromatic carbocycles. The molecule has 0 spiro atoms. The molecule has 3 atom stereocenters. The Hall–Kier alpha value is -1.90. The zero-order valence-corrected chi connectivity index (χ0v) is 13.7. The van der Waals surface area contributed by atoms with Gasteiger partial charge in [0.1, 0.15) is 11.5 Å². The summed E-state index contributed by atoms with van der Waals surface area (Å²) < 4.78 is 5.21. The zero-order chi connectivity index (χ0) is 16.2. The molecular weight excluding hydrogens is 288 g/mol. The standard InChI is InChI=1S/C20H22O3/c1-12(21)23-14-4-6-15-13(11-14)3-5-17-16(15)9-10-20(2)18(17)7-8-19(20)22/h4-6,11,16,18H,3,7-10H2,1-2H3/t16-,18+,20-/m0/s1. The largest absolute Gasteiger partial charge is 0.427 e. The first kappa shape index (κ1) is 14.7. The highest BCUT2D eigenvalue weighted by molar-refractivity contribution is 5.88. The fraction of sp³-hybridized carbons (Fsp3) is 0.500. The molecule has 0 bridgehead atoms. The fourth-order valence-electron chi connectivity index (χ4n) is 4.95. The highest BCUT2D eigenvalue weighted by atomic mass is 16.5. The van der Waals surface area contributed by atoms with Gasteiger partial charge in [-0.25, -0.2) is 0 Å². The monoisotopic (exact) mass is 310 g/mol. The van der Waals surface area contributed by atoms with Crippen LogP contribution in [0.1, 0.15) is 56.6 Å². The van der Waals surface area contributed by atoms with E-state index in [2.05, 4.69) is 19.1 Å². The molecular formula is C20H22O3. The maximum Gasteiger partial charge on any atom is 0.308 e. The molecule has 0 N–H and O–H groups in total. The van der Waals surface area contributed by atoms with Gasteiger partial charge in [-0.1, -0.05) is 24.6 Å². The van der Waals surface area contributed by atoms with Gasteiger partial charge in [-0.2, -0.15) is 0 Å². The summed E-state index contributed by atoms with van der Waals surface area (Å²) >= 11 is 0. The van der Waals surface area contributed by atoms with Crippen molar-refractivity contribution in [1.29, 1.82) is 0 Å². The Morgan fingerprint density at radius 1 is 1.30 bits per heavy atom. The van der Waals surface area contributed by atoms with Gasteiger partial charge in [-0.05, 0) is 54.9 Å². The highest BCUT2D eigenvalue weighted by Crippen LogP contribution is 2.57. The molecule has 0 saturated heterocycles. The van der Waals surface area contributed by atoms with Gasteiger partial charge in [0.05, 0.1) is 0 Å². The Morgan fingerprint density at radius 3 is 2.91 bits per heavy atom. The van der Waals surface area contributed by atoms with Crippen LogP contribution in [0, 0.1) is 11.3 Å². The number of ether oxygens (including phenoxy) is 1. The third kappa shape index (κ3) is 2.17. The molecule has 1 aromatic rings. The molecule has 3 heteroatoms. The van der Waals surface area contributed by atoms with Gasteiger partial charge in [0.15, 0.2) is 0 Å². The van der Waals surface area contributed by atoms with Gasteiger partial charge in [0, 0.05) is 24.7 Å². The highest BCUT2D eigenvalue weighted by Gasteiger charge is 2.52. The second-order valence-corrected chi connectivity index (χ2v) is 7.39. The van der Waals surface area contributed by atoms with Crippen molar-refractivity contribution in [2.75, 3.05) is 0 Å². The second kappa shape index (κ2) is 5.05. The molecule has 23 heavy (non-hydrogen) atoms. The number of Topliss-reactive ketones (excluding diaryl/α,β-unsaturated/α-hetero) is 1. The second-order valence-electron chi connectivity index (χ2n) is 7.39. The molecule has 0 radical (unpaired) electrons. The van der Waals surface area contributed by atoms with Crippen LogP contribution < -0.4 is 4.74 Å². The lowest BCUT2D eigenvalue weighted by molar-refractivity contribution is -0.132. The normalized spacial score (nSPS) is 31.7. The molecule has 4 rings (SSSR count). The first-order valence-corrected chi connectivity index (χ1v) is 8.53. The molecule has 3 aliphatic carbocycles. The third-order valence-electron chi connectivity index (χ3n) is 6.13. The Bertz CT molecular complexity index is 730. The van der Waals surface area contributed by atoms with Crippen LogP contribution >= 0.6 is 0 Å². The summed E-state index contributed by atoms with van der Waals surface area (Å²) in [6, 6.07) is 6.01. The first-order valence-electron chi connectivity index (χ1n) is 8.53. The van der Waals surface area contributed by atoms with E-state index < -0.39 is 0 Å². The smallest absolute Gasteiger partial charge is 0.308 e. The number of esters is 1. The molecule has 0 amide bonds. The Labute approximate surface area is 136 Å². The van der Waals surface area contributed by atoms with Gasteiger partial charge in [0.25, 0.3) is 0 Å². The van der Waals surface area contributed by atoms with E-state index in [9.17, 15) is 9.59 Å². The van der Waals surface area contributed by atoms with Crippen LogP contribution in [0.3, 0.4) is 0 Å². The van der Waals surface area contributed by atoms with Crippen LogP contribution in [0.25, 0.3) is 0 Å². The van der Waals surface area contributed by atoms with Gasteiger partial charge in [-0.15, -0.1) is 0 Å². The molecule has 0 aliphatic heterocycles. The van der Waals surface area contributed by atoms with Crippen LogP contribution in [0.5, 0.6) is 5.75 Å². The average molecular weight is 310 g/mol. The number of carbonyl (C=O) groups is 2. The zero-order valence-electron chi connectivity index (χ0n) is 13.7. The Balaban J connectivity index is 1.68. The summed E-state index contributed by atoms with van der Waals surface area (Å²) in [7, 11) is 0. The fourth-order valence-corrected chi connectivity index (χ4v) is 4.95. The van der Waals surface area contributed by atoms with E-state index in [0.29, 0.717) is 23.4 Å². The van der Waals surface area contributed by atoms with Crippen molar-refractivity contribution in [3.8, 4) is 5.75 Å². The minimum Gasteiger partial charge on any atom is -0.427 e. The van der Waals surface area contributed by atoms with Gasteiger partial charge in [0.2, 0.25) is 0 Å². The molecule has 2 fully saturated rings. The van der Waals surface area contributed by atoms with Crippen molar-refractivity contribution < 1.29 is 14.3 Å². The predicted octanol–water partition coefficient (Wildman–Crippen LogP) is 3.96. The topological polar surface area (TPSA) is 43.4 Å². The lowest BCUT2D eigenvalue weighted by atomic mass is 9.60. The molecule has 0 heterocycles. The third-order valence-corrected chi connectivity index (χ3v) is 6.13. The van der Waals surface area contributed by atoms with Gasteiger partial charge in [-0.3, -0.25) is 9.59 Å². The van der Waals surface area contributed by atoms with E-state index in [1.54, 1.807) is 0 Å². The maximum atomic E-state index is 12.3. The Kier molecular flexibility index (Phi) is 3.22. The maximum absolute atomic E-state index is 12.3. The number of allylic oxidation sites excluding steroid dienone is 2. The number of fused-ring (bicyclic) bond motifs is 5. The lowest BCUT2D eigenvalue weighted by Crippen LogP contribution is -2.37. The van der Waals surface area contributed by atoms with E-state index in [1.165, 1.54) is 23.6 Å². The SMILES string of the molecule is CC(=O)Oc1ccc2c(c1)CC=C1[C@H]2CC[C@]2(C)C(=O)CC[C@H]12. The number of hydrogen-bond donors (Lipinski definition) is 0. The summed E-state index contributed by atoms with van der Waals surface area (Å²) in [4.78, 5) is 23.5. The van der Waals surface area contributed by atoms with Crippen molar-refractivity contribution in [3.63, 3.8) is 0 Å². The van der Waals surface area contributed by atoms with Crippen LogP contribution in [0.4, 0.5) is 0 Å². The average Bonchev–Trinajstić information content (AvgIpc) is 2.82. The quantitative estimate of drug-likeness (QED) is 0.448. The summed E-state index contributed by atoms with van der Waals surface area (Å²) in [6.45, 7) is 3.60. The number of hydrogen-bond acceptors (Lipinski definition) is 3. The summed E-state index contributed by atoms with van der Waals surface area (Å²) in [6.07, 6.45) is 7.00. The van der Waals surface area contributed by atoms with Crippen LogP contribution in [-0.2, 0) is 16.0 Å². The van der Waals surface area contributed by atoms with Crippen LogP contribution in [0.15, 0.2) is 29.8 Å². The summed E-state index contributed by atoms with van der Waals surface area (Å²) in [5, 5.41) is 0. The first-order chi connectivity index (χ1) is 11.0. The van der Waals surface area contributed by atoms with E-state index in [0.717, 1.165) is 32.1 Å². The predicted molar refractivity (Wildman–Crippen MR) is 87.4 cm³/mol. The molecule has 120 valence electrons. The molecule has 0 unspecified atom stereocenters. The minimum absolute atomic E-state index is 0.127. The number of ketones is 1. The molecule has 0 aromatic heterocycles. The van der Waals surface area contributed by atoms with E-state index in [-0.39, 0.29) is 11.4 Å². The Morgan fingerprint density at radius 2 is 2.13 bits per heavy atom. The number of carbonyl (C=O) groups excluding carboxylic acids is 2. The van der Waals surface area contributed by atoms with Crippen molar-refractivity contribution in [1.82, 2.24) is 0 Å². The van der Waals surface area contributed by atoms with Gasteiger partial charge >= 0.3 is 5.97 Å².